The van der Waals surface area contributed by atoms with Crippen molar-refractivity contribution in [1.29, 1.82) is 5.26 Å². The van der Waals surface area contributed by atoms with E-state index in [2.05, 4.69) is 36.1 Å². The molecule has 0 spiro atoms. The number of ether oxygens (including phenoxy) is 3. The van der Waals surface area contributed by atoms with Crippen molar-refractivity contribution < 1.29 is 27.8 Å². The molecular formula is C31H34F2N8O4. The van der Waals surface area contributed by atoms with Crippen LogP contribution < -0.4 is 15.0 Å². The predicted octanol–water partition coefficient (Wildman–Crippen LogP) is 2.78. The molecule has 3 saturated heterocycles. The molecule has 2 atom stereocenters. The normalized spacial score (nSPS) is 20.8. The first-order valence-corrected chi connectivity index (χ1v) is 14.9. The second-order valence-corrected chi connectivity index (χ2v) is 11.2. The fourth-order valence-electron chi connectivity index (χ4n) is 5.71. The fourth-order valence-corrected chi connectivity index (χ4v) is 5.71. The summed E-state index contributed by atoms with van der Waals surface area (Å²) in [7, 11) is 1.41. The van der Waals surface area contributed by atoms with Gasteiger partial charge in [-0.05, 0) is 36.4 Å². The van der Waals surface area contributed by atoms with E-state index < -0.39 is 12.3 Å². The SMILES string of the molecule is COCC(=O)N1CC[C@H](Oc2ccc(-c3ncnc(Nc4ccc(N5CCN(C6COC6)CC5)c(F)c4)n3)cc2C#N)[C@@H](F)C1. The molecule has 14 heteroatoms. The number of carbonyl (C=O) groups is 1. The number of aromatic nitrogens is 3. The number of anilines is 3. The van der Waals surface area contributed by atoms with E-state index in [1.54, 1.807) is 30.3 Å². The van der Waals surface area contributed by atoms with Crippen molar-refractivity contribution in [3.05, 3.63) is 54.1 Å². The van der Waals surface area contributed by atoms with Crippen molar-refractivity contribution in [1.82, 2.24) is 24.8 Å². The molecule has 0 saturated carbocycles. The van der Waals surface area contributed by atoms with Gasteiger partial charge in [-0.15, -0.1) is 0 Å². The molecule has 4 heterocycles. The number of halogens is 2. The first kappa shape index (κ1) is 30.6. The van der Waals surface area contributed by atoms with E-state index in [1.165, 1.54) is 24.4 Å². The number of nitrogens with zero attached hydrogens (tertiary/aromatic N) is 7. The van der Waals surface area contributed by atoms with Gasteiger partial charge in [-0.1, -0.05) is 0 Å². The van der Waals surface area contributed by atoms with Gasteiger partial charge in [0, 0.05) is 57.5 Å². The van der Waals surface area contributed by atoms with Crippen molar-refractivity contribution in [3.8, 4) is 23.2 Å². The molecule has 6 rings (SSSR count). The van der Waals surface area contributed by atoms with Crippen molar-refractivity contribution in [2.75, 3.05) is 76.4 Å². The Bertz CT molecular complexity index is 1560. The quantitative estimate of drug-likeness (QED) is 0.379. The molecule has 0 bridgehead atoms. The summed E-state index contributed by atoms with van der Waals surface area (Å²) in [6.07, 6.45) is -0.619. The number of piperidine rings is 1. The van der Waals surface area contributed by atoms with E-state index in [4.69, 9.17) is 14.2 Å². The lowest BCUT2D eigenvalue weighted by atomic mass is 10.0. The smallest absolute Gasteiger partial charge is 0.248 e. The van der Waals surface area contributed by atoms with Crippen LogP contribution in [0.1, 0.15) is 12.0 Å². The van der Waals surface area contributed by atoms with E-state index in [0.717, 1.165) is 39.4 Å². The average Bonchev–Trinajstić information content (AvgIpc) is 3.02. The van der Waals surface area contributed by atoms with Crippen LogP contribution in [0.25, 0.3) is 11.4 Å². The van der Waals surface area contributed by atoms with Crippen LogP contribution in [0, 0.1) is 17.1 Å². The number of amides is 1. The minimum Gasteiger partial charge on any atom is -0.486 e. The van der Waals surface area contributed by atoms with Crippen LogP contribution in [0.15, 0.2) is 42.7 Å². The summed E-state index contributed by atoms with van der Waals surface area (Å²) in [6.45, 7) is 4.89. The summed E-state index contributed by atoms with van der Waals surface area (Å²) in [6, 6.07) is 12.3. The molecule has 3 aromatic rings. The largest absolute Gasteiger partial charge is 0.486 e. The second kappa shape index (κ2) is 13.7. The molecule has 12 nitrogen and oxygen atoms in total. The van der Waals surface area contributed by atoms with E-state index >= 15 is 4.39 Å². The van der Waals surface area contributed by atoms with Crippen molar-refractivity contribution in [2.45, 2.75) is 24.7 Å². The Morgan fingerprint density at radius 2 is 1.96 bits per heavy atom. The van der Waals surface area contributed by atoms with Crippen LogP contribution in [0.5, 0.6) is 5.75 Å². The molecule has 3 fully saturated rings. The van der Waals surface area contributed by atoms with E-state index in [1.807, 2.05) is 0 Å². The number of nitriles is 1. The van der Waals surface area contributed by atoms with Gasteiger partial charge in [0.1, 0.15) is 36.7 Å². The third-order valence-corrected chi connectivity index (χ3v) is 8.31. The summed E-state index contributed by atoms with van der Waals surface area (Å²) in [5.41, 5.74) is 1.75. The fraction of sp³-hybridized carbons (Fsp3) is 0.452. The van der Waals surface area contributed by atoms with Crippen molar-refractivity contribution in [2.24, 2.45) is 0 Å². The topological polar surface area (TPSA) is 129 Å². The molecule has 2 aromatic carbocycles. The van der Waals surface area contributed by atoms with Gasteiger partial charge in [0.05, 0.1) is 37.1 Å². The Kier molecular flexibility index (Phi) is 9.29. The lowest BCUT2D eigenvalue weighted by Crippen LogP contribution is -2.56. The van der Waals surface area contributed by atoms with Gasteiger partial charge >= 0.3 is 0 Å². The molecule has 0 aliphatic carbocycles. The van der Waals surface area contributed by atoms with Crippen LogP contribution in [0.4, 0.5) is 26.1 Å². The molecule has 0 radical (unpaired) electrons. The Labute approximate surface area is 259 Å². The number of carbonyl (C=O) groups excluding carboxylic acids is 1. The average molecular weight is 621 g/mol. The van der Waals surface area contributed by atoms with Gasteiger partial charge in [-0.3, -0.25) is 9.69 Å². The highest BCUT2D eigenvalue weighted by molar-refractivity contribution is 5.77. The van der Waals surface area contributed by atoms with Crippen LogP contribution in [0.3, 0.4) is 0 Å². The number of rotatable bonds is 9. The maximum absolute atomic E-state index is 15.2. The van der Waals surface area contributed by atoms with Gasteiger partial charge in [0.25, 0.3) is 0 Å². The lowest BCUT2D eigenvalue weighted by Gasteiger charge is -2.43. The van der Waals surface area contributed by atoms with Gasteiger partial charge in [0.15, 0.2) is 12.0 Å². The molecular weight excluding hydrogens is 586 g/mol. The number of nitrogens with one attached hydrogen (secondary N) is 1. The summed E-state index contributed by atoms with van der Waals surface area (Å²) < 4.78 is 46.1. The number of benzene rings is 2. The number of methoxy groups -OCH3 is 1. The molecule has 0 unspecified atom stereocenters. The predicted molar refractivity (Wildman–Crippen MR) is 160 cm³/mol. The first-order valence-electron chi connectivity index (χ1n) is 14.9. The molecule has 1 N–H and O–H groups in total. The van der Waals surface area contributed by atoms with Crippen LogP contribution in [0.2, 0.25) is 0 Å². The highest BCUT2D eigenvalue weighted by atomic mass is 19.1. The van der Waals surface area contributed by atoms with Gasteiger partial charge in [-0.25, -0.2) is 18.7 Å². The first-order chi connectivity index (χ1) is 21.9. The zero-order valence-electron chi connectivity index (χ0n) is 24.9. The maximum atomic E-state index is 15.2. The van der Waals surface area contributed by atoms with Crippen molar-refractivity contribution in [3.63, 3.8) is 0 Å². The number of alkyl halides is 1. The van der Waals surface area contributed by atoms with Gasteiger partial charge in [-0.2, -0.15) is 10.2 Å². The standard InChI is InChI=1S/C31H34F2N8O4/c1-43-18-29(42)41-7-6-28(25(33)15-41)45-27-5-2-20(12-21(27)14-34)30-35-19-36-31(38-30)37-22-3-4-26(24(32)13-22)40-10-8-39(9-11-40)23-16-44-17-23/h2-5,12-13,19,23,25,28H,6-11,15-18H2,1H3,(H,35,36,37,38)/t25-,28-/m0/s1. The summed E-state index contributed by atoms with van der Waals surface area (Å²) in [5.74, 6) is 0.102. The minimum atomic E-state index is -1.42. The van der Waals surface area contributed by atoms with E-state index in [0.29, 0.717) is 29.5 Å². The van der Waals surface area contributed by atoms with Crippen molar-refractivity contribution >= 4 is 23.2 Å². The zero-order chi connectivity index (χ0) is 31.3. The van der Waals surface area contributed by atoms with Gasteiger partial charge < -0.3 is 29.3 Å². The third kappa shape index (κ3) is 6.95. The summed E-state index contributed by atoms with van der Waals surface area (Å²) >= 11 is 0. The Hall–Kier alpha value is -4.45. The van der Waals surface area contributed by atoms with Crippen LogP contribution >= 0.6 is 0 Å². The van der Waals surface area contributed by atoms with Crippen LogP contribution in [-0.4, -0.2) is 115 Å². The number of likely N-dealkylation sites (tertiary alicyclic amines) is 1. The highest BCUT2D eigenvalue weighted by Crippen LogP contribution is 2.30. The number of piperazine rings is 1. The molecule has 3 aliphatic rings. The Morgan fingerprint density at radius 1 is 1.13 bits per heavy atom. The molecule has 1 aromatic heterocycles. The van der Waals surface area contributed by atoms with Gasteiger partial charge in [0.2, 0.25) is 11.9 Å². The lowest BCUT2D eigenvalue weighted by molar-refractivity contribution is -0.139. The Balaban J connectivity index is 1.09. The number of hydrogen-bond donors (Lipinski definition) is 1. The highest BCUT2D eigenvalue weighted by Gasteiger charge is 2.33. The molecule has 1 amide bonds. The number of hydrogen-bond acceptors (Lipinski definition) is 11. The molecule has 236 valence electrons. The zero-order valence-corrected chi connectivity index (χ0v) is 24.9. The third-order valence-electron chi connectivity index (χ3n) is 8.31. The molecule has 45 heavy (non-hydrogen) atoms. The maximum Gasteiger partial charge on any atom is 0.248 e. The summed E-state index contributed by atoms with van der Waals surface area (Å²) in [5, 5.41) is 12.8. The summed E-state index contributed by atoms with van der Waals surface area (Å²) in [4.78, 5) is 30.7. The molecule has 3 aliphatic heterocycles. The Morgan fingerprint density at radius 3 is 2.64 bits per heavy atom. The second-order valence-electron chi connectivity index (χ2n) is 11.2. The monoisotopic (exact) mass is 620 g/mol. The minimum absolute atomic E-state index is 0.104. The van der Waals surface area contributed by atoms with E-state index in [9.17, 15) is 14.4 Å². The van der Waals surface area contributed by atoms with Crippen LogP contribution in [-0.2, 0) is 14.3 Å². The van der Waals surface area contributed by atoms with E-state index in [-0.39, 0.29) is 54.4 Å².